The molecule has 1 saturated heterocycles. The summed E-state index contributed by atoms with van der Waals surface area (Å²) in [4.78, 5) is 2.72. The minimum atomic E-state index is 0.201. The summed E-state index contributed by atoms with van der Waals surface area (Å²) < 4.78 is 0. The summed E-state index contributed by atoms with van der Waals surface area (Å²) in [6.07, 6.45) is 4.09. The van der Waals surface area contributed by atoms with Gasteiger partial charge in [0.05, 0.1) is 0 Å². The van der Waals surface area contributed by atoms with E-state index in [2.05, 4.69) is 79.4 Å². The number of piperidine rings is 1. The van der Waals surface area contributed by atoms with Gasteiger partial charge in [0, 0.05) is 24.5 Å². The number of nitrogens with zero attached hydrogens (tertiary/aromatic N) is 1. The van der Waals surface area contributed by atoms with Crippen LogP contribution in [0.3, 0.4) is 0 Å². The van der Waals surface area contributed by atoms with Crippen LogP contribution in [-0.2, 0) is 5.41 Å². The van der Waals surface area contributed by atoms with Gasteiger partial charge in [0.25, 0.3) is 0 Å². The molecule has 0 amide bonds. The van der Waals surface area contributed by atoms with Crippen LogP contribution in [0.4, 0.5) is 0 Å². The van der Waals surface area contributed by atoms with Crippen molar-refractivity contribution in [2.24, 2.45) is 11.8 Å². The fraction of sp³-hybridized carbons (Fsp3) is 0.478. The molecule has 2 aliphatic rings. The van der Waals surface area contributed by atoms with Crippen LogP contribution in [0.2, 0.25) is 0 Å². The van der Waals surface area contributed by atoms with Crippen molar-refractivity contribution >= 4 is 0 Å². The van der Waals surface area contributed by atoms with Gasteiger partial charge >= 0.3 is 0 Å². The number of fused-ring (bicyclic) bond motifs is 2. The number of hydrogen-bond donors (Lipinski definition) is 0. The van der Waals surface area contributed by atoms with Gasteiger partial charge in [0.15, 0.2) is 0 Å². The Morgan fingerprint density at radius 1 is 0.792 bits per heavy atom. The lowest BCUT2D eigenvalue weighted by Crippen LogP contribution is -2.59. The van der Waals surface area contributed by atoms with E-state index in [1.54, 1.807) is 0 Å². The molecular formula is C23H29N. The van der Waals surface area contributed by atoms with Gasteiger partial charge in [-0.1, -0.05) is 67.1 Å². The molecule has 0 radical (unpaired) electrons. The van der Waals surface area contributed by atoms with Gasteiger partial charge in [0.2, 0.25) is 0 Å². The average Bonchev–Trinajstić information content (AvgIpc) is 2.61. The third-order valence-electron chi connectivity index (χ3n) is 6.54. The van der Waals surface area contributed by atoms with E-state index in [0.717, 1.165) is 11.8 Å². The van der Waals surface area contributed by atoms with Gasteiger partial charge in [-0.2, -0.15) is 0 Å². The van der Waals surface area contributed by atoms with Crippen LogP contribution in [0, 0.1) is 11.8 Å². The Bertz CT molecular complexity index is 605. The minimum absolute atomic E-state index is 0.201. The highest BCUT2D eigenvalue weighted by atomic mass is 15.2. The summed E-state index contributed by atoms with van der Waals surface area (Å²) in [5.74, 6) is 1.44. The van der Waals surface area contributed by atoms with Crippen LogP contribution in [0.1, 0.15) is 44.2 Å². The first-order valence-corrected chi connectivity index (χ1v) is 9.58. The van der Waals surface area contributed by atoms with Crippen molar-refractivity contribution in [1.82, 2.24) is 4.90 Å². The van der Waals surface area contributed by atoms with Crippen LogP contribution >= 0.6 is 0 Å². The van der Waals surface area contributed by atoms with E-state index < -0.39 is 0 Å². The van der Waals surface area contributed by atoms with E-state index in [-0.39, 0.29) is 5.41 Å². The molecular weight excluding hydrogens is 290 g/mol. The molecule has 126 valence electrons. The van der Waals surface area contributed by atoms with Crippen molar-refractivity contribution in [3.63, 3.8) is 0 Å². The van der Waals surface area contributed by atoms with Gasteiger partial charge in [-0.25, -0.2) is 0 Å². The molecule has 1 heterocycles. The second-order valence-electron chi connectivity index (χ2n) is 7.97. The minimum Gasteiger partial charge on any atom is -0.300 e. The summed E-state index contributed by atoms with van der Waals surface area (Å²) in [7, 11) is 0. The highest BCUT2D eigenvalue weighted by Crippen LogP contribution is 2.54. The quantitative estimate of drug-likeness (QED) is 0.759. The molecule has 24 heavy (non-hydrogen) atoms. The van der Waals surface area contributed by atoms with Crippen molar-refractivity contribution in [2.75, 3.05) is 13.1 Å². The Morgan fingerprint density at radius 2 is 1.25 bits per heavy atom. The molecule has 2 atom stereocenters. The van der Waals surface area contributed by atoms with Gasteiger partial charge in [-0.05, 0) is 49.7 Å². The molecule has 2 bridgehead atoms. The van der Waals surface area contributed by atoms with Crippen molar-refractivity contribution in [2.45, 2.75) is 44.6 Å². The van der Waals surface area contributed by atoms with Crippen molar-refractivity contribution in [3.05, 3.63) is 71.8 Å². The zero-order valence-electron chi connectivity index (χ0n) is 15.0. The fourth-order valence-electron chi connectivity index (χ4n) is 5.47. The zero-order valence-corrected chi connectivity index (χ0v) is 15.0. The van der Waals surface area contributed by atoms with Crippen LogP contribution in [0.25, 0.3) is 0 Å². The first kappa shape index (κ1) is 15.9. The third kappa shape index (κ3) is 2.41. The average molecular weight is 319 g/mol. The lowest BCUT2D eigenvalue weighted by Gasteiger charge is -2.57. The molecule has 1 nitrogen and oxygen atoms in total. The van der Waals surface area contributed by atoms with E-state index in [4.69, 9.17) is 0 Å². The molecule has 0 spiro atoms. The fourth-order valence-corrected chi connectivity index (χ4v) is 5.47. The van der Waals surface area contributed by atoms with E-state index in [9.17, 15) is 0 Å². The largest absolute Gasteiger partial charge is 0.300 e. The Hall–Kier alpha value is -1.60. The Labute approximate surface area is 146 Å². The first-order valence-electron chi connectivity index (χ1n) is 9.58. The summed E-state index contributed by atoms with van der Waals surface area (Å²) in [5.41, 5.74) is 3.27. The summed E-state index contributed by atoms with van der Waals surface area (Å²) in [6.45, 7) is 7.18. The number of likely N-dealkylation sites (tertiary alicyclic amines) is 1. The smallest absolute Gasteiger partial charge is 0.0283 e. The molecule has 2 fully saturated rings. The van der Waals surface area contributed by atoms with Crippen molar-refractivity contribution in [1.29, 1.82) is 0 Å². The van der Waals surface area contributed by atoms with E-state index in [1.807, 2.05) is 0 Å². The Morgan fingerprint density at radius 3 is 1.67 bits per heavy atom. The lowest BCUT2D eigenvalue weighted by molar-refractivity contribution is 0.00186. The van der Waals surface area contributed by atoms with Crippen molar-refractivity contribution < 1.29 is 0 Å². The van der Waals surface area contributed by atoms with E-state index >= 15 is 0 Å². The van der Waals surface area contributed by atoms with Gasteiger partial charge < -0.3 is 4.90 Å². The van der Waals surface area contributed by atoms with Crippen molar-refractivity contribution in [3.8, 4) is 0 Å². The predicted octanol–water partition coefficient (Wildman–Crippen LogP) is 5.11. The van der Waals surface area contributed by atoms with Crippen LogP contribution < -0.4 is 0 Å². The highest BCUT2D eigenvalue weighted by molar-refractivity contribution is 5.43. The predicted molar refractivity (Wildman–Crippen MR) is 101 cm³/mol. The summed E-state index contributed by atoms with van der Waals surface area (Å²) in [6, 6.07) is 23.4. The maximum atomic E-state index is 2.72. The molecule has 2 aromatic rings. The Kier molecular flexibility index (Phi) is 4.22. The summed E-state index contributed by atoms with van der Waals surface area (Å²) >= 11 is 0. The number of rotatable bonds is 3. The van der Waals surface area contributed by atoms with Crippen LogP contribution in [0.15, 0.2) is 60.7 Å². The number of hydrogen-bond acceptors (Lipinski definition) is 1. The zero-order chi connectivity index (χ0) is 16.6. The van der Waals surface area contributed by atoms with Crippen LogP contribution in [-0.4, -0.2) is 24.0 Å². The van der Waals surface area contributed by atoms with E-state index in [0.29, 0.717) is 6.04 Å². The van der Waals surface area contributed by atoms with E-state index in [1.165, 1.54) is 43.5 Å². The van der Waals surface area contributed by atoms with Gasteiger partial charge in [-0.15, -0.1) is 0 Å². The second-order valence-corrected chi connectivity index (χ2v) is 7.97. The molecule has 4 rings (SSSR count). The second kappa shape index (κ2) is 6.37. The van der Waals surface area contributed by atoms with Gasteiger partial charge in [0.1, 0.15) is 0 Å². The molecule has 1 aliphatic carbocycles. The first-order chi connectivity index (χ1) is 11.7. The molecule has 0 N–H and O–H groups in total. The summed E-state index contributed by atoms with van der Waals surface area (Å²) in [5, 5.41) is 0. The normalized spacial score (nSPS) is 26.5. The molecule has 1 aliphatic heterocycles. The standard InChI is InChI=1S/C23H29N/c1-18(2)24-16-21-14-9-15-22(17-24)23(21,19-10-5-3-6-11-19)20-12-7-4-8-13-20/h3-8,10-13,18,21-22H,9,14-17H2,1-2H3. The maximum Gasteiger partial charge on any atom is 0.0283 e. The maximum absolute atomic E-state index is 2.72. The van der Waals surface area contributed by atoms with Crippen LogP contribution in [0.5, 0.6) is 0 Å². The lowest BCUT2D eigenvalue weighted by atomic mass is 9.52. The number of benzene rings is 2. The highest BCUT2D eigenvalue weighted by Gasteiger charge is 2.53. The molecule has 1 heteroatoms. The molecule has 2 unspecified atom stereocenters. The third-order valence-corrected chi connectivity index (χ3v) is 6.54. The SMILES string of the molecule is CC(C)N1CC2CCCC(C1)C2(c1ccccc1)c1ccccc1. The molecule has 0 aromatic heterocycles. The van der Waals surface area contributed by atoms with Gasteiger partial charge in [-0.3, -0.25) is 0 Å². The topological polar surface area (TPSA) is 3.24 Å². The molecule has 2 aromatic carbocycles. The monoisotopic (exact) mass is 319 g/mol. The molecule has 1 saturated carbocycles. The Balaban J connectivity index is 1.88.